The Morgan fingerprint density at radius 3 is 2.69 bits per heavy atom. The quantitative estimate of drug-likeness (QED) is 0.587. The lowest BCUT2D eigenvalue weighted by Gasteiger charge is -2.04. The van der Waals surface area contributed by atoms with Gasteiger partial charge in [-0.25, -0.2) is 0 Å². The van der Waals surface area contributed by atoms with Gasteiger partial charge in [0, 0.05) is 17.1 Å². The molecule has 0 saturated heterocycles. The number of carbonyl (C=O) groups excluding carboxylic acids is 1. The van der Waals surface area contributed by atoms with Crippen LogP contribution < -0.4 is 5.32 Å². The number of Topliss-reactive ketones (excluding diaryl/α,β-unsaturated/α-hetero) is 1. The first-order valence-electron chi connectivity index (χ1n) is 5.31. The summed E-state index contributed by atoms with van der Waals surface area (Å²) in [6, 6.07) is 6.82. The zero-order valence-corrected chi connectivity index (χ0v) is 10.1. The van der Waals surface area contributed by atoms with E-state index in [1.165, 1.54) is 0 Å². The van der Waals surface area contributed by atoms with Crippen molar-refractivity contribution in [1.29, 1.82) is 0 Å². The number of ketones is 1. The number of hydrogen-bond donors (Lipinski definition) is 1. The van der Waals surface area contributed by atoms with Crippen molar-refractivity contribution in [2.45, 2.75) is 6.92 Å². The molecule has 4 heteroatoms. The fourth-order valence-corrected chi connectivity index (χ4v) is 1.33. The van der Waals surface area contributed by atoms with E-state index in [0.29, 0.717) is 17.2 Å². The second-order valence-electron chi connectivity index (χ2n) is 3.34. The van der Waals surface area contributed by atoms with E-state index in [-0.39, 0.29) is 12.4 Å². The molecule has 0 heterocycles. The molecule has 0 radical (unpaired) electrons. The van der Waals surface area contributed by atoms with Gasteiger partial charge >= 0.3 is 0 Å². The Bertz CT molecular complexity index is 324. The summed E-state index contributed by atoms with van der Waals surface area (Å²) in [6.07, 6.45) is 0. The van der Waals surface area contributed by atoms with Gasteiger partial charge in [0.05, 0.1) is 6.61 Å². The van der Waals surface area contributed by atoms with Gasteiger partial charge in [-0.05, 0) is 30.8 Å². The van der Waals surface area contributed by atoms with Crippen LogP contribution in [0.15, 0.2) is 24.3 Å². The first-order chi connectivity index (χ1) is 7.74. The third-order valence-corrected chi connectivity index (χ3v) is 2.32. The van der Waals surface area contributed by atoms with Crippen molar-refractivity contribution >= 4 is 17.4 Å². The van der Waals surface area contributed by atoms with Crippen molar-refractivity contribution in [1.82, 2.24) is 5.32 Å². The molecule has 16 heavy (non-hydrogen) atoms. The van der Waals surface area contributed by atoms with Crippen LogP contribution in [0.5, 0.6) is 0 Å². The number of benzene rings is 1. The highest BCUT2D eigenvalue weighted by Crippen LogP contribution is 2.09. The number of hydrogen-bond acceptors (Lipinski definition) is 3. The van der Waals surface area contributed by atoms with Crippen LogP contribution in [0.4, 0.5) is 0 Å². The lowest BCUT2D eigenvalue weighted by Crippen LogP contribution is -2.20. The predicted molar refractivity (Wildman–Crippen MR) is 65.1 cm³/mol. The van der Waals surface area contributed by atoms with Crippen LogP contribution in [0.3, 0.4) is 0 Å². The Kier molecular flexibility index (Phi) is 6.08. The fourth-order valence-electron chi connectivity index (χ4n) is 1.21. The molecular weight excluding hydrogens is 226 g/mol. The van der Waals surface area contributed by atoms with Crippen molar-refractivity contribution in [3.63, 3.8) is 0 Å². The van der Waals surface area contributed by atoms with Gasteiger partial charge in [-0.15, -0.1) is 0 Å². The lowest BCUT2D eigenvalue weighted by molar-refractivity contribution is 0.0765. The predicted octanol–water partition coefficient (Wildman–Crippen LogP) is 2.15. The highest BCUT2D eigenvalue weighted by Gasteiger charge is 2.04. The minimum atomic E-state index is -0.0202. The second kappa shape index (κ2) is 7.39. The Hall–Kier alpha value is -0.900. The monoisotopic (exact) mass is 241 g/mol. The molecule has 0 fully saturated rings. The Morgan fingerprint density at radius 2 is 2.06 bits per heavy atom. The summed E-state index contributed by atoms with van der Waals surface area (Å²) in [6.45, 7) is 4.37. The standard InChI is InChI=1S/C12H16ClNO2/c1-2-14-7-8-16-9-12(15)10-3-5-11(13)6-4-10/h3-6,14H,2,7-9H2,1H3. The summed E-state index contributed by atoms with van der Waals surface area (Å²) < 4.78 is 5.24. The summed E-state index contributed by atoms with van der Waals surface area (Å²) in [5.74, 6) is -0.0202. The van der Waals surface area contributed by atoms with Crippen LogP contribution in [0.25, 0.3) is 0 Å². The van der Waals surface area contributed by atoms with Crippen LogP contribution in [0.2, 0.25) is 5.02 Å². The van der Waals surface area contributed by atoms with Crippen LogP contribution in [0.1, 0.15) is 17.3 Å². The van der Waals surface area contributed by atoms with Gasteiger partial charge in [-0.1, -0.05) is 18.5 Å². The zero-order chi connectivity index (χ0) is 11.8. The Morgan fingerprint density at radius 1 is 1.38 bits per heavy atom. The van der Waals surface area contributed by atoms with Crippen LogP contribution >= 0.6 is 11.6 Å². The molecule has 0 amide bonds. The van der Waals surface area contributed by atoms with Gasteiger partial charge in [0.2, 0.25) is 0 Å². The summed E-state index contributed by atoms with van der Waals surface area (Å²) in [4.78, 5) is 11.6. The normalized spacial score (nSPS) is 10.4. The van der Waals surface area contributed by atoms with Gasteiger partial charge in [0.1, 0.15) is 6.61 Å². The maximum atomic E-state index is 11.6. The maximum Gasteiger partial charge on any atom is 0.188 e. The van der Waals surface area contributed by atoms with E-state index in [4.69, 9.17) is 16.3 Å². The number of ether oxygens (including phenoxy) is 1. The van der Waals surface area contributed by atoms with E-state index < -0.39 is 0 Å². The van der Waals surface area contributed by atoms with Crippen molar-refractivity contribution in [2.24, 2.45) is 0 Å². The molecule has 1 aromatic carbocycles. The molecule has 88 valence electrons. The zero-order valence-electron chi connectivity index (χ0n) is 9.33. The highest BCUT2D eigenvalue weighted by molar-refractivity contribution is 6.30. The van der Waals surface area contributed by atoms with Gasteiger partial charge in [0.25, 0.3) is 0 Å². The topological polar surface area (TPSA) is 38.3 Å². The molecule has 0 aliphatic rings. The Balaban J connectivity index is 2.27. The Labute approximate surface area is 101 Å². The third-order valence-electron chi connectivity index (χ3n) is 2.07. The average molecular weight is 242 g/mol. The van der Waals surface area contributed by atoms with E-state index in [2.05, 4.69) is 5.32 Å². The molecule has 0 aliphatic carbocycles. The summed E-state index contributed by atoms with van der Waals surface area (Å²) >= 11 is 5.73. The van der Waals surface area contributed by atoms with Crippen LogP contribution in [-0.2, 0) is 4.74 Å². The van der Waals surface area contributed by atoms with Crippen molar-refractivity contribution in [3.05, 3.63) is 34.9 Å². The molecule has 3 nitrogen and oxygen atoms in total. The van der Waals surface area contributed by atoms with Crippen molar-refractivity contribution < 1.29 is 9.53 Å². The highest BCUT2D eigenvalue weighted by atomic mass is 35.5. The molecule has 1 N–H and O–H groups in total. The maximum absolute atomic E-state index is 11.6. The molecular formula is C12H16ClNO2. The average Bonchev–Trinajstić information content (AvgIpc) is 2.29. The van der Waals surface area contributed by atoms with Crippen LogP contribution in [-0.4, -0.2) is 32.1 Å². The number of carbonyl (C=O) groups is 1. The van der Waals surface area contributed by atoms with E-state index in [1.54, 1.807) is 24.3 Å². The van der Waals surface area contributed by atoms with Gasteiger partial charge < -0.3 is 10.1 Å². The summed E-state index contributed by atoms with van der Waals surface area (Å²) in [5, 5.41) is 3.74. The van der Waals surface area contributed by atoms with E-state index in [9.17, 15) is 4.79 Å². The van der Waals surface area contributed by atoms with E-state index in [1.807, 2.05) is 6.92 Å². The van der Waals surface area contributed by atoms with Gasteiger partial charge in [0.15, 0.2) is 5.78 Å². The minimum absolute atomic E-state index is 0.0202. The second-order valence-corrected chi connectivity index (χ2v) is 3.77. The number of nitrogens with one attached hydrogen (secondary N) is 1. The summed E-state index contributed by atoms with van der Waals surface area (Å²) in [5.41, 5.74) is 0.632. The molecule has 0 aliphatic heterocycles. The molecule has 0 atom stereocenters. The lowest BCUT2D eigenvalue weighted by atomic mass is 10.1. The molecule has 1 rings (SSSR count). The van der Waals surface area contributed by atoms with Crippen LogP contribution in [0, 0.1) is 0 Å². The smallest absolute Gasteiger partial charge is 0.188 e. The molecule has 0 aromatic heterocycles. The molecule has 0 unspecified atom stereocenters. The first kappa shape index (κ1) is 13.2. The SMILES string of the molecule is CCNCCOCC(=O)c1ccc(Cl)cc1. The summed E-state index contributed by atoms with van der Waals surface area (Å²) in [7, 11) is 0. The first-order valence-corrected chi connectivity index (χ1v) is 5.69. The third kappa shape index (κ3) is 4.75. The fraction of sp³-hybridized carbons (Fsp3) is 0.417. The molecule has 1 aromatic rings. The van der Waals surface area contributed by atoms with E-state index >= 15 is 0 Å². The van der Waals surface area contributed by atoms with Crippen molar-refractivity contribution in [3.8, 4) is 0 Å². The van der Waals surface area contributed by atoms with E-state index in [0.717, 1.165) is 13.1 Å². The minimum Gasteiger partial charge on any atom is -0.372 e. The number of halogens is 1. The largest absolute Gasteiger partial charge is 0.372 e. The molecule has 0 saturated carbocycles. The van der Waals surface area contributed by atoms with Gasteiger partial charge in [-0.3, -0.25) is 4.79 Å². The van der Waals surface area contributed by atoms with Gasteiger partial charge in [-0.2, -0.15) is 0 Å². The number of rotatable bonds is 7. The number of likely N-dealkylation sites (N-methyl/N-ethyl adjacent to an activating group) is 1. The molecule has 0 bridgehead atoms. The molecule has 0 spiro atoms. The van der Waals surface area contributed by atoms with Crippen molar-refractivity contribution in [2.75, 3.05) is 26.3 Å².